The smallest absolute Gasteiger partial charge is 0.237 e. The Labute approximate surface area is 122 Å². The lowest BCUT2D eigenvalue weighted by Crippen LogP contribution is -2.42. The summed E-state index contributed by atoms with van der Waals surface area (Å²) in [5, 5.41) is 14.2. The molecule has 0 spiro atoms. The SMILES string of the molecule is CC(C)(C(=O)Nc1cc(Br)ccc1Br)C(N)=NO. The maximum atomic E-state index is 12.1. The Bertz CT molecular complexity index is 501. The molecule has 18 heavy (non-hydrogen) atoms. The normalized spacial score (nSPS) is 12.3. The van der Waals surface area contributed by atoms with Crippen molar-refractivity contribution in [2.45, 2.75) is 13.8 Å². The van der Waals surface area contributed by atoms with E-state index in [-0.39, 0.29) is 11.7 Å². The number of nitrogens with two attached hydrogens (primary N) is 1. The number of nitrogens with one attached hydrogen (secondary N) is 1. The number of nitrogens with zero attached hydrogens (tertiary/aromatic N) is 1. The van der Waals surface area contributed by atoms with E-state index in [0.717, 1.165) is 8.95 Å². The van der Waals surface area contributed by atoms with Crippen molar-refractivity contribution in [3.8, 4) is 0 Å². The van der Waals surface area contributed by atoms with Crippen LogP contribution in [0.25, 0.3) is 0 Å². The number of oxime groups is 1. The Morgan fingerprint density at radius 1 is 1.44 bits per heavy atom. The van der Waals surface area contributed by atoms with Gasteiger partial charge in [-0.2, -0.15) is 0 Å². The molecule has 0 heterocycles. The maximum Gasteiger partial charge on any atom is 0.237 e. The van der Waals surface area contributed by atoms with Crippen LogP contribution >= 0.6 is 31.9 Å². The quantitative estimate of drug-likeness (QED) is 0.327. The highest BCUT2D eigenvalue weighted by Gasteiger charge is 2.33. The molecule has 4 N–H and O–H groups in total. The first-order valence-corrected chi connectivity index (χ1v) is 6.62. The molecule has 0 aromatic heterocycles. The second kappa shape index (κ2) is 5.71. The summed E-state index contributed by atoms with van der Waals surface area (Å²) in [7, 11) is 0. The average molecular weight is 379 g/mol. The molecule has 1 aromatic carbocycles. The van der Waals surface area contributed by atoms with E-state index in [9.17, 15) is 4.79 Å². The number of hydrogen-bond donors (Lipinski definition) is 3. The van der Waals surface area contributed by atoms with Gasteiger partial charge in [-0.25, -0.2) is 0 Å². The zero-order valence-electron chi connectivity index (χ0n) is 9.87. The second-order valence-corrected chi connectivity index (χ2v) is 5.96. The molecule has 5 nitrogen and oxygen atoms in total. The first kappa shape index (κ1) is 15.0. The largest absolute Gasteiger partial charge is 0.409 e. The van der Waals surface area contributed by atoms with Gasteiger partial charge in [-0.1, -0.05) is 21.1 Å². The lowest BCUT2D eigenvalue weighted by molar-refractivity contribution is -0.121. The summed E-state index contributed by atoms with van der Waals surface area (Å²) in [6.07, 6.45) is 0. The predicted molar refractivity (Wildman–Crippen MR) is 77.7 cm³/mol. The van der Waals surface area contributed by atoms with Gasteiger partial charge in [0.25, 0.3) is 0 Å². The number of carbonyl (C=O) groups excluding carboxylic acids is 1. The molecule has 1 rings (SSSR count). The van der Waals surface area contributed by atoms with Gasteiger partial charge in [0.1, 0.15) is 5.41 Å². The number of hydrogen-bond acceptors (Lipinski definition) is 3. The fraction of sp³-hybridized carbons (Fsp3) is 0.273. The Balaban J connectivity index is 2.98. The number of halogens is 2. The van der Waals surface area contributed by atoms with Crippen molar-refractivity contribution < 1.29 is 10.0 Å². The summed E-state index contributed by atoms with van der Waals surface area (Å²) < 4.78 is 1.58. The highest BCUT2D eigenvalue weighted by Crippen LogP contribution is 2.28. The molecule has 0 saturated carbocycles. The molecule has 0 radical (unpaired) electrons. The molecule has 1 amide bonds. The monoisotopic (exact) mass is 377 g/mol. The Morgan fingerprint density at radius 3 is 2.61 bits per heavy atom. The van der Waals surface area contributed by atoms with Crippen LogP contribution in [0.2, 0.25) is 0 Å². The van der Waals surface area contributed by atoms with Crippen LogP contribution in [0.5, 0.6) is 0 Å². The van der Waals surface area contributed by atoms with E-state index in [1.54, 1.807) is 26.0 Å². The van der Waals surface area contributed by atoms with Crippen molar-refractivity contribution in [1.82, 2.24) is 0 Å². The summed E-state index contributed by atoms with van der Waals surface area (Å²) in [5.74, 6) is -0.511. The molecule has 0 aliphatic rings. The van der Waals surface area contributed by atoms with E-state index in [4.69, 9.17) is 10.9 Å². The second-order valence-electron chi connectivity index (χ2n) is 4.19. The van der Waals surface area contributed by atoms with Crippen LogP contribution in [0.15, 0.2) is 32.3 Å². The van der Waals surface area contributed by atoms with Crippen molar-refractivity contribution in [3.63, 3.8) is 0 Å². The third-order valence-corrected chi connectivity index (χ3v) is 3.68. The zero-order valence-corrected chi connectivity index (χ0v) is 13.0. The summed E-state index contributed by atoms with van der Waals surface area (Å²) in [6, 6.07) is 5.40. The van der Waals surface area contributed by atoms with Gasteiger partial charge in [-0.15, -0.1) is 0 Å². The first-order valence-electron chi connectivity index (χ1n) is 5.03. The lowest BCUT2D eigenvalue weighted by Gasteiger charge is -2.22. The van der Waals surface area contributed by atoms with Gasteiger partial charge in [0.05, 0.1) is 5.69 Å². The summed E-state index contributed by atoms with van der Waals surface area (Å²) in [6.45, 7) is 3.15. The molecule has 0 saturated heterocycles. The number of anilines is 1. The van der Waals surface area contributed by atoms with Crippen LogP contribution in [0.4, 0.5) is 5.69 Å². The highest BCUT2D eigenvalue weighted by molar-refractivity contribution is 9.11. The standard InChI is InChI=1S/C11H13Br2N3O2/c1-11(2,9(14)16-18)10(17)15-8-5-6(12)3-4-7(8)13/h3-5,18H,1-2H3,(H2,14,16)(H,15,17). The van der Waals surface area contributed by atoms with Crippen molar-refractivity contribution in [2.75, 3.05) is 5.32 Å². The summed E-state index contributed by atoms with van der Waals surface area (Å²) in [4.78, 5) is 12.1. The molecule has 0 bridgehead atoms. The van der Waals surface area contributed by atoms with Crippen LogP contribution in [-0.4, -0.2) is 17.0 Å². The van der Waals surface area contributed by atoms with Gasteiger partial charge < -0.3 is 16.3 Å². The van der Waals surface area contributed by atoms with Crippen molar-refractivity contribution >= 4 is 49.3 Å². The highest BCUT2D eigenvalue weighted by atomic mass is 79.9. The number of rotatable bonds is 3. The molecular formula is C11H13Br2N3O2. The van der Waals surface area contributed by atoms with Gasteiger partial charge in [0, 0.05) is 8.95 Å². The van der Waals surface area contributed by atoms with Crippen LogP contribution in [-0.2, 0) is 4.79 Å². The maximum absolute atomic E-state index is 12.1. The van der Waals surface area contributed by atoms with Gasteiger partial charge in [-0.3, -0.25) is 4.79 Å². The van der Waals surface area contributed by atoms with E-state index in [1.165, 1.54) is 0 Å². The number of amides is 1. The molecule has 0 aliphatic heterocycles. The molecule has 0 unspecified atom stereocenters. The molecule has 7 heteroatoms. The van der Waals surface area contributed by atoms with E-state index in [2.05, 4.69) is 42.3 Å². The third kappa shape index (κ3) is 3.23. The molecule has 0 fully saturated rings. The average Bonchev–Trinajstić information content (AvgIpc) is 2.32. The molecular weight excluding hydrogens is 366 g/mol. The van der Waals surface area contributed by atoms with Gasteiger partial charge in [0.2, 0.25) is 5.91 Å². The minimum atomic E-state index is -1.10. The predicted octanol–water partition coefficient (Wildman–Crippen LogP) is 2.92. The summed E-state index contributed by atoms with van der Waals surface area (Å²) >= 11 is 6.65. The fourth-order valence-corrected chi connectivity index (χ4v) is 1.82. The number of amidine groups is 1. The topological polar surface area (TPSA) is 87.7 Å². The van der Waals surface area contributed by atoms with Gasteiger partial charge >= 0.3 is 0 Å². The van der Waals surface area contributed by atoms with Gasteiger partial charge in [-0.05, 0) is 48.0 Å². The third-order valence-electron chi connectivity index (χ3n) is 2.49. The number of benzene rings is 1. The van der Waals surface area contributed by atoms with Crippen molar-refractivity contribution in [2.24, 2.45) is 16.3 Å². The van der Waals surface area contributed by atoms with E-state index < -0.39 is 5.41 Å². The van der Waals surface area contributed by atoms with Crippen LogP contribution in [0.3, 0.4) is 0 Å². The van der Waals surface area contributed by atoms with E-state index in [0.29, 0.717) is 5.69 Å². The lowest BCUT2D eigenvalue weighted by atomic mass is 9.91. The van der Waals surface area contributed by atoms with E-state index >= 15 is 0 Å². The minimum Gasteiger partial charge on any atom is -0.409 e. The Morgan fingerprint density at radius 2 is 2.06 bits per heavy atom. The molecule has 0 atom stereocenters. The van der Waals surface area contributed by atoms with E-state index in [1.807, 2.05) is 6.07 Å². The first-order chi connectivity index (χ1) is 8.28. The Hall–Kier alpha value is -1.08. The minimum absolute atomic E-state index is 0.147. The van der Waals surface area contributed by atoms with Crippen LogP contribution in [0, 0.1) is 5.41 Å². The fourth-order valence-electron chi connectivity index (χ4n) is 1.11. The van der Waals surface area contributed by atoms with Crippen LogP contribution in [0.1, 0.15) is 13.8 Å². The number of carbonyl (C=O) groups is 1. The van der Waals surface area contributed by atoms with Crippen molar-refractivity contribution in [1.29, 1.82) is 0 Å². The van der Waals surface area contributed by atoms with Crippen LogP contribution < -0.4 is 11.1 Å². The Kier molecular flexibility index (Phi) is 4.75. The van der Waals surface area contributed by atoms with Crippen molar-refractivity contribution in [3.05, 3.63) is 27.1 Å². The molecule has 1 aromatic rings. The molecule has 98 valence electrons. The summed E-state index contributed by atoms with van der Waals surface area (Å²) in [5.41, 5.74) is 5.00. The molecule has 0 aliphatic carbocycles. The van der Waals surface area contributed by atoms with Gasteiger partial charge in [0.15, 0.2) is 5.84 Å². The zero-order chi connectivity index (χ0) is 13.9.